The fraction of sp³-hybridized carbons (Fsp3) is 0.538. The van der Waals surface area contributed by atoms with Crippen LogP contribution in [-0.2, 0) is 14.6 Å². The van der Waals surface area contributed by atoms with Gasteiger partial charge in [-0.15, -0.1) is 0 Å². The van der Waals surface area contributed by atoms with Crippen molar-refractivity contribution >= 4 is 21.7 Å². The van der Waals surface area contributed by atoms with Crippen LogP contribution in [0.25, 0.3) is 0 Å². The summed E-state index contributed by atoms with van der Waals surface area (Å²) in [5.41, 5.74) is 0.762. The summed E-state index contributed by atoms with van der Waals surface area (Å²) in [6.45, 7) is 3.77. The number of carbonyl (C=O) groups excluding carboxylic acids is 1. The van der Waals surface area contributed by atoms with Crippen molar-refractivity contribution in [3.63, 3.8) is 0 Å². The van der Waals surface area contributed by atoms with Crippen LogP contribution in [0.1, 0.15) is 19.0 Å². The van der Waals surface area contributed by atoms with Crippen molar-refractivity contribution in [2.75, 3.05) is 23.0 Å². The lowest BCUT2D eigenvalue weighted by molar-refractivity contribution is 0.157. The fourth-order valence-electron chi connectivity index (χ4n) is 2.26. The van der Waals surface area contributed by atoms with Gasteiger partial charge in [-0.1, -0.05) is 6.07 Å². The maximum Gasteiger partial charge on any atom is 0.415 e. The standard InChI is InChI=1S/C13H18N2O4S/c1-3-19-13(16)15(11-7-8-20(17,18)9-11)12-6-4-5-10(2)14-12/h4-6,11H,3,7-9H2,1-2H3. The van der Waals surface area contributed by atoms with Gasteiger partial charge in [0, 0.05) is 5.69 Å². The minimum absolute atomic E-state index is 0.0402. The van der Waals surface area contributed by atoms with Crippen molar-refractivity contribution in [1.82, 2.24) is 4.98 Å². The van der Waals surface area contributed by atoms with Gasteiger partial charge in [0.2, 0.25) is 0 Å². The number of rotatable bonds is 3. The largest absolute Gasteiger partial charge is 0.449 e. The predicted octanol–water partition coefficient (Wildman–Crippen LogP) is 1.54. The molecule has 0 radical (unpaired) electrons. The second-order valence-electron chi connectivity index (χ2n) is 4.76. The number of pyridine rings is 1. The van der Waals surface area contributed by atoms with Crippen LogP contribution in [0.2, 0.25) is 0 Å². The molecular formula is C13H18N2O4S. The van der Waals surface area contributed by atoms with Gasteiger partial charge in [-0.25, -0.2) is 18.2 Å². The van der Waals surface area contributed by atoms with Crippen LogP contribution in [0.15, 0.2) is 18.2 Å². The van der Waals surface area contributed by atoms with E-state index in [1.54, 1.807) is 19.1 Å². The summed E-state index contributed by atoms with van der Waals surface area (Å²) in [6, 6.07) is 4.88. The summed E-state index contributed by atoms with van der Waals surface area (Å²) in [6.07, 6.45) is -0.135. The first-order valence-corrected chi connectivity index (χ1v) is 8.35. The molecule has 110 valence electrons. The number of aromatic nitrogens is 1. The highest BCUT2D eigenvalue weighted by molar-refractivity contribution is 7.91. The average molecular weight is 298 g/mol. The topological polar surface area (TPSA) is 76.6 Å². The van der Waals surface area contributed by atoms with Crippen LogP contribution in [0.5, 0.6) is 0 Å². The lowest BCUT2D eigenvalue weighted by Crippen LogP contribution is -2.42. The monoisotopic (exact) mass is 298 g/mol. The van der Waals surface area contributed by atoms with Gasteiger partial charge in [0.05, 0.1) is 24.2 Å². The molecule has 1 unspecified atom stereocenters. The molecule has 1 amide bonds. The van der Waals surface area contributed by atoms with Gasteiger partial charge in [0.25, 0.3) is 0 Å². The third-order valence-electron chi connectivity index (χ3n) is 3.16. The van der Waals surface area contributed by atoms with Crippen LogP contribution in [0.3, 0.4) is 0 Å². The van der Waals surface area contributed by atoms with Crippen molar-refractivity contribution in [2.45, 2.75) is 26.3 Å². The number of hydrogen-bond donors (Lipinski definition) is 0. The number of aryl methyl sites for hydroxylation is 1. The summed E-state index contributed by atoms with van der Waals surface area (Å²) < 4.78 is 28.3. The average Bonchev–Trinajstić information content (AvgIpc) is 2.70. The first-order chi connectivity index (χ1) is 9.43. The lowest BCUT2D eigenvalue weighted by atomic mass is 10.2. The zero-order chi connectivity index (χ0) is 14.8. The van der Waals surface area contributed by atoms with E-state index >= 15 is 0 Å². The maximum absolute atomic E-state index is 12.1. The van der Waals surface area contributed by atoms with Crippen molar-refractivity contribution in [3.05, 3.63) is 23.9 Å². The summed E-state index contributed by atoms with van der Waals surface area (Å²) in [5, 5.41) is 0. The second-order valence-corrected chi connectivity index (χ2v) is 6.99. The Bertz CT molecular complexity index is 600. The van der Waals surface area contributed by atoms with Crippen molar-refractivity contribution in [1.29, 1.82) is 0 Å². The Morgan fingerprint density at radius 1 is 1.50 bits per heavy atom. The minimum Gasteiger partial charge on any atom is -0.449 e. The molecule has 2 heterocycles. The molecule has 6 nitrogen and oxygen atoms in total. The molecule has 1 saturated heterocycles. The van der Waals surface area contributed by atoms with Crippen LogP contribution in [0, 0.1) is 6.92 Å². The number of sulfone groups is 1. The highest BCUT2D eigenvalue weighted by Gasteiger charge is 2.36. The van der Waals surface area contributed by atoms with E-state index in [1.807, 2.05) is 13.0 Å². The van der Waals surface area contributed by atoms with Crippen molar-refractivity contribution < 1.29 is 17.9 Å². The van der Waals surface area contributed by atoms with Gasteiger partial charge in [0.15, 0.2) is 9.84 Å². The Hall–Kier alpha value is -1.63. The number of nitrogens with zero attached hydrogens (tertiary/aromatic N) is 2. The molecular weight excluding hydrogens is 280 g/mol. The minimum atomic E-state index is -3.08. The van der Waals surface area contributed by atoms with E-state index in [9.17, 15) is 13.2 Å². The summed E-state index contributed by atoms with van der Waals surface area (Å²) in [7, 11) is -3.08. The molecule has 1 atom stereocenters. The van der Waals surface area contributed by atoms with Crippen LogP contribution in [-0.4, -0.2) is 43.6 Å². The Morgan fingerprint density at radius 2 is 2.25 bits per heavy atom. The first kappa shape index (κ1) is 14.8. The van der Waals surface area contributed by atoms with E-state index in [4.69, 9.17) is 4.74 Å². The highest BCUT2D eigenvalue weighted by Crippen LogP contribution is 2.24. The van der Waals surface area contributed by atoms with E-state index < -0.39 is 22.0 Å². The molecule has 1 aliphatic rings. The second kappa shape index (κ2) is 5.78. The molecule has 0 bridgehead atoms. The molecule has 0 saturated carbocycles. The number of anilines is 1. The van der Waals surface area contributed by atoms with E-state index in [1.165, 1.54) is 4.90 Å². The third kappa shape index (κ3) is 3.27. The molecule has 0 N–H and O–H groups in total. The Kier molecular flexibility index (Phi) is 4.27. The molecule has 0 aliphatic carbocycles. The SMILES string of the molecule is CCOC(=O)N(c1cccc(C)n1)C1CCS(=O)(=O)C1. The maximum atomic E-state index is 12.1. The zero-order valence-electron chi connectivity index (χ0n) is 11.6. The Labute approximate surface area is 118 Å². The van der Waals surface area contributed by atoms with Gasteiger partial charge >= 0.3 is 6.09 Å². The highest BCUT2D eigenvalue weighted by atomic mass is 32.2. The van der Waals surface area contributed by atoms with Gasteiger partial charge in [-0.05, 0) is 32.4 Å². The molecule has 0 spiro atoms. The smallest absolute Gasteiger partial charge is 0.415 e. The number of ether oxygens (including phenoxy) is 1. The van der Waals surface area contributed by atoms with Crippen LogP contribution < -0.4 is 4.90 Å². The van der Waals surface area contributed by atoms with E-state index in [0.29, 0.717) is 12.2 Å². The van der Waals surface area contributed by atoms with Gasteiger partial charge in [0.1, 0.15) is 5.82 Å². The van der Waals surface area contributed by atoms with Gasteiger partial charge in [-0.2, -0.15) is 0 Å². The molecule has 1 aliphatic heterocycles. The summed E-state index contributed by atoms with van der Waals surface area (Å²) >= 11 is 0. The molecule has 1 aromatic rings. The molecule has 0 aromatic carbocycles. The normalized spacial score (nSPS) is 20.6. The van der Waals surface area contributed by atoms with Gasteiger partial charge < -0.3 is 4.74 Å². The Balaban J connectivity index is 2.33. The fourth-order valence-corrected chi connectivity index (χ4v) is 3.96. The zero-order valence-corrected chi connectivity index (χ0v) is 12.4. The molecule has 1 aromatic heterocycles. The third-order valence-corrected chi connectivity index (χ3v) is 4.91. The summed E-state index contributed by atoms with van der Waals surface area (Å²) in [5.74, 6) is 0.492. The van der Waals surface area contributed by atoms with E-state index in [-0.39, 0.29) is 18.1 Å². The van der Waals surface area contributed by atoms with E-state index in [2.05, 4.69) is 4.98 Å². The molecule has 1 fully saturated rings. The number of amides is 1. The van der Waals surface area contributed by atoms with E-state index in [0.717, 1.165) is 5.69 Å². The van der Waals surface area contributed by atoms with Crippen LogP contribution in [0.4, 0.5) is 10.6 Å². The molecule has 7 heteroatoms. The predicted molar refractivity (Wildman–Crippen MR) is 75.5 cm³/mol. The quantitative estimate of drug-likeness (QED) is 0.846. The number of hydrogen-bond acceptors (Lipinski definition) is 5. The van der Waals surface area contributed by atoms with Gasteiger partial charge in [-0.3, -0.25) is 4.90 Å². The Morgan fingerprint density at radius 3 is 2.80 bits per heavy atom. The van der Waals surface area contributed by atoms with Crippen molar-refractivity contribution in [3.8, 4) is 0 Å². The van der Waals surface area contributed by atoms with Crippen LogP contribution >= 0.6 is 0 Å². The molecule has 2 rings (SSSR count). The number of carbonyl (C=O) groups is 1. The van der Waals surface area contributed by atoms with Crippen molar-refractivity contribution in [2.24, 2.45) is 0 Å². The molecule has 20 heavy (non-hydrogen) atoms. The lowest BCUT2D eigenvalue weighted by Gasteiger charge is -2.26. The summed E-state index contributed by atoms with van der Waals surface area (Å²) in [4.78, 5) is 17.8. The first-order valence-electron chi connectivity index (χ1n) is 6.53.